The van der Waals surface area contributed by atoms with Crippen molar-refractivity contribution < 1.29 is 5.11 Å². The topological polar surface area (TPSA) is 56.6 Å². The second kappa shape index (κ2) is 8.26. The quantitative estimate of drug-likeness (QED) is 0.416. The van der Waals surface area contributed by atoms with Gasteiger partial charge < -0.3 is 15.7 Å². The van der Waals surface area contributed by atoms with Gasteiger partial charge in [0.15, 0.2) is 5.96 Å². The molecule has 0 atom stereocenters. The molecule has 0 unspecified atom stereocenters. The smallest absolute Gasteiger partial charge is 0.196 e. The van der Waals surface area contributed by atoms with E-state index in [1.54, 1.807) is 12.1 Å². The van der Waals surface area contributed by atoms with E-state index in [0.29, 0.717) is 12.6 Å². The molecule has 1 aliphatic rings. The monoisotopic (exact) mass is 357 g/mol. The minimum absolute atomic E-state index is 0.265. The molecule has 0 aromatic heterocycles. The van der Waals surface area contributed by atoms with Crippen LogP contribution in [-0.2, 0) is 6.54 Å². The summed E-state index contributed by atoms with van der Waals surface area (Å²) in [6, 6.07) is 13.5. The van der Waals surface area contributed by atoms with Crippen LogP contribution in [0.25, 0.3) is 0 Å². The number of nitrogens with zero attached hydrogens (tertiary/aromatic N) is 1. The van der Waals surface area contributed by atoms with Crippen molar-refractivity contribution in [2.45, 2.75) is 45.2 Å². The lowest BCUT2D eigenvalue weighted by molar-refractivity contribution is 0.475. The summed E-state index contributed by atoms with van der Waals surface area (Å²) in [4.78, 5) is 4.72. The van der Waals surface area contributed by atoms with E-state index in [9.17, 15) is 5.11 Å². The minimum atomic E-state index is 0.265. The minimum Gasteiger partial charge on any atom is -0.508 e. The van der Waals surface area contributed by atoms with E-state index in [-0.39, 0.29) is 5.75 Å². The van der Waals surface area contributed by atoms with Crippen LogP contribution in [0.2, 0.25) is 5.02 Å². The summed E-state index contributed by atoms with van der Waals surface area (Å²) in [5.41, 5.74) is 2.90. The Morgan fingerprint density at radius 3 is 2.68 bits per heavy atom. The Morgan fingerprint density at radius 2 is 1.96 bits per heavy atom. The molecular formula is C20H24ClN3O. The number of phenols is 1. The molecule has 0 spiro atoms. The molecule has 1 fully saturated rings. The van der Waals surface area contributed by atoms with Gasteiger partial charge in [-0.05, 0) is 55.2 Å². The maximum absolute atomic E-state index is 9.60. The van der Waals surface area contributed by atoms with Gasteiger partial charge in [0.1, 0.15) is 5.75 Å². The average molecular weight is 358 g/mol. The van der Waals surface area contributed by atoms with E-state index in [1.807, 2.05) is 37.3 Å². The average Bonchev–Trinajstić information content (AvgIpc) is 3.09. The molecule has 0 radical (unpaired) electrons. The zero-order chi connectivity index (χ0) is 17.6. The molecule has 2 aromatic carbocycles. The Balaban J connectivity index is 1.78. The molecule has 1 aliphatic carbocycles. The van der Waals surface area contributed by atoms with Gasteiger partial charge in [-0.25, -0.2) is 4.99 Å². The van der Waals surface area contributed by atoms with Gasteiger partial charge in [0.2, 0.25) is 0 Å². The molecule has 0 saturated heterocycles. The number of anilines is 1. The van der Waals surface area contributed by atoms with E-state index in [2.05, 4.69) is 10.6 Å². The number of phenolic OH excluding ortho intramolecular Hbond substituents is 1. The van der Waals surface area contributed by atoms with Crippen LogP contribution in [0.15, 0.2) is 47.5 Å². The molecule has 132 valence electrons. The van der Waals surface area contributed by atoms with Crippen molar-refractivity contribution in [2.75, 3.05) is 5.32 Å². The number of nitrogens with one attached hydrogen (secondary N) is 2. The number of benzene rings is 2. The summed E-state index contributed by atoms with van der Waals surface area (Å²) >= 11 is 6.24. The third-order valence-corrected chi connectivity index (χ3v) is 4.89. The molecule has 3 rings (SSSR count). The first-order valence-electron chi connectivity index (χ1n) is 8.73. The van der Waals surface area contributed by atoms with Gasteiger partial charge in [-0.15, -0.1) is 0 Å². The number of rotatable bonds is 4. The summed E-state index contributed by atoms with van der Waals surface area (Å²) in [5, 5.41) is 17.2. The van der Waals surface area contributed by atoms with Crippen molar-refractivity contribution in [1.82, 2.24) is 5.32 Å². The third kappa shape index (κ3) is 4.89. The molecule has 0 aliphatic heterocycles. The van der Waals surface area contributed by atoms with Crippen LogP contribution in [0, 0.1) is 6.92 Å². The van der Waals surface area contributed by atoms with Crippen molar-refractivity contribution in [2.24, 2.45) is 4.99 Å². The number of aromatic hydroxyl groups is 1. The van der Waals surface area contributed by atoms with E-state index < -0.39 is 0 Å². The second-order valence-corrected chi connectivity index (χ2v) is 6.91. The predicted octanol–water partition coefficient (Wildman–Crippen LogP) is 4.85. The van der Waals surface area contributed by atoms with Gasteiger partial charge in [-0.1, -0.05) is 42.6 Å². The van der Waals surface area contributed by atoms with Gasteiger partial charge in [-0.3, -0.25) is 0 Å². The standard InChI is InChI=1S/C20H24ClN3O/c1-14-12-17(25)10-11-19(14)24-20(23-16-7-3-4-8-16)22-13-15-6-2-5-9-18(15)21/h2,5-6,9-12,16,25H,3-4,7-8,13H2,1H3,(H2,22,23,24). The highest BCUT2D eigenvalue weighted by molar-refractivity contribution is 6.31. The highest BCUT2D eigenvalue weighted by Gasteiger charge is 2.16. The van der Waals surface area contributed by atoms with Crippen LogP contribution in [0.4, 0.5) is 5.69 Å². The molecular weight excluding hydrogens is 334 g/mol. The highest BCUT2D eigenvalue weighted by Crippen LogP contribution is 2.22. The molecule has 3 N–H and O–H groups in total. The van der Waals surface area contributed by atoms with Crippen molar-refractivity contribution >= 4 is 23.2 Å². The Kier molecular flexibility index (Phi) is 5.82. The first-order chi connectivity index (χ1) is 12.1. The first-order valence-corrected chi connectivity index (χ1v) is 9.10. The fourth-order valence-electron chi connectivity index (χ4n) is 3.09. The van der Waals surface area contributed by atoms with E-state index >= 15 is 0 Å². The van der Waals surface area contributed by atoms with Crippen molar-refractivity contribution in [3.63, 3.8) is 0 Å². The SMILES string of the molecule is Cc1cc(O)ccc1NC(=NCc1ccccc1Cl)NC1CCCC1. The molecule has 2 aromatic rings. The van der Waals surface area contributed by atoms with Gasteiger partial charge in [0.05, 0.1) is 6.54 Å². The van der Waals surface area contributed by atoms with E-state index in [4.69, 9.17) is 16.6 Å². The summed E-state index contributed by atoms with van der Waals surface area (Å²) < 4.78 is 0. The summed E-state index contributed by atoms with van der Waals surface area (Å²) in [6.07, 6.45) is 4.85. The number of hydrogen-bond donors (Lipinski definition) is 3. The lowest BCUT2D eigenvalue weighted by atomic mass is 10.2. The number of aryl methyl sites for hydroxylation is 1. The maximum atomic E-state index is 9.60. The molecule has 25 heavy (non-hydrogen) atoms. The molecule has 5 heteroatoms. The largest absolute Gasteiger partial charge is 0.508 e. The van der Waals surface area contributed by atoms with Crippen molar-refractivity contribution in [3.05, 3.63) is 58.6 Å². The first kappa shape index (κ1) is 17.6. The second-order valence-electron chi connectivity index (χ2n) is 6.51. The predicted molar refractivity (Wildman–Crippen MR) is 104 cm³/mol. The van der Waals surface area contributed by atoms with Gasteiger partial charge in [0.25, 0.3) is 0 Å². The summed E-state index contributed by atoms with van der Waals surface area (Å²) in [6.45, 7) is 2.47. The van der Waals surface area contributed by atoms with Crippen LogP contribution in [0.3, 0.4) is 0 Å². The Hall–Kier alpha value is -2.20. The highest BCUT2D eigenvalue weighted by atomic mass is 35.5. The normalized spacial score (nSPS) is 15.4. The van der Waals surface area contributed by atoms with E-state index in [0.717, 1.165) is 27.8 Å². The van der Waals surface area contributed by atoms with Crippen molar-refractivity contribution in [3.8, 4) is 5.75 Å². The van der Waals surface area contributed by atoms with Crippen molar-refractivity contribution in [1.29, 1.82) is 0 Å². The fraction of sp³-hybridized carbons (Fsp3) is 0.350. The Bertz CT molecular complexity index is 754. The van der Waals surface area contributed by atoms with E-state index in [1.165, 1.54) is 25.7 Å². The number of guanidine groups is 1. The zero-order valence-corrected chi connectivity index (χ0v) is 15.2. The van der Waals surface area contributed by atoms with Gasteiger partial charge in [0, 0.05) is 16.8 Å². The molecule has 0 bridgehead atoms. The zero-order valence-electron chi connectivity index (χ0n) is 14.4. The van der Waals surface area contributed by atoms with Crippen LogP contribution in [-0.4, -0.2) is 17.1 Å². The Morgan fingerprint density at radius 1 is 1.20 bits per heavy atom. The molecule has 0 heterocycles. The van der Waals surface area contributed by atoms with Crippen LogP contribution < -0.4 is 10.6 Å². The number of hydrogen-bond acceptors (Lipinski definition) is 2. The van der Waals surface area contributed by atoms with Gasteiger partial charge >= 0.3 is 0 Å². The number of halogens is 1. The summed E-state index contributed by atoms with van der Waals surface area (Å²) in [5.74, 6) is 1.02. The fourth-order valence-corrected chi connectivity index (χ4v) is 3.29. The maximum Gasteiger partial charge on any atom is 0.196 e. The molecule has 1 saturated carbocycles. The lowest BCUT2D eigenvalue weighted by Crippen LogP contribution is -2.38. The van der Waals surface area contributed by atoms with Crippen LogP contribution in [0.1, 0.15) is 36.8 Å². The van der Waals surface area contributed by atoms with Crippen LogP contribution >= 0.6 is 11.6 Å². The number of aliphatic imine (C=N–C) groups is 1. The summed E-state index contributed by atoms with van der Waals surface area (Å²) in [7, 11) is 0. The van der Waals surface area contributed by atoms with Crippen LogP contribution in [0.5, 0.6) is 5.75 Å². The third-order valence-electron chi connectivity index (χ3n) is 4.52. The molecule has 0 amide bonds. The Labute approximate surface area is 153 Å². The van der Waals surface area contributed by atoms with Gasteiger partial charge in [-0.2, -0.15) is 0 Å². The lowest BCUT2D eigenvalue weighted by Gasteiger charge is -2.18. The molecule has 4 nitrogen and oxygen atoms in total.